The Morgan fingerprint density at radius 2 is 2.17 bits per heavy atom. The number of benzene rings is 1. The lowest BCUT2D eigenvalue weighted by Crippen LogP contribution is -2.29. The smallest absolute Gasteiger partial charge is 0.331 e. The standard InChI is InChI=1S/C13H14ClNO3/c1-3-5-12(16)18-9(2)13(17)15-11-7-4-6-10(14)8-11/h3-9H,1-2H3,(H,15,17)/b5-3+. The molecule has 1 rings (SSSR count). The van der Waals surface area contributed by atoms with E-state index in [4.69, 9.17) is 16.3 Å². The van der Waals surface area contributed by atoms with Crippen molar-refractivity contribution in [3.05, 3.63) is 41.4 Å². The van der Waals surface area contributed by atoms with Crippen LogP contribution in [0.5, 0.6) is 0 Å². The molecule has 96 valence electrons. The molecule has 0 aromatic heterocycles. The molecule has 0 aliphatic carbocycles. The molecule has 0 bridgehead atoms. The summed E-state index contributed by atoms with van der Waals surface area (Å²) in [4.78, 5) is 22.9. The highest BCUT2D eigenvalue weighted by Crippen LogP contribution is 2.15. The highest BCUT2D eigenvalue weighted by Gasteiger charge is 2.16. The minimum atomic E-state index is -0.868. The highest BCUT2D eigenvalue weighted by molar-refractivity contribution is 6.30. The first kappa shape index (κ1) is 14.3. The first-order chi connectivity index (χ1) is 8.52. The van der Waals surface area contributed by atoms with E-state index in [0.717, 1.165) is 0 Å². The lowest BCUT2D eigenvalue weighted by molar-refractivity contribution is -0.148. The van der Waals surface area contributed by atoms with Crippen molar-refractivity contribution in [1.82, 2.24) is 0 Å². The summed E-state index contributed by atoms with van der Waals surface area (Å²) >= 11 is 5.79. The molecule has 18 heavy (non-hydrogen) atoms. The van der Waals surface area contributed by atoms with Crippen LogP contribution in [-0.2, 0) is 14.3 Å². The normalized spacial score (nSPS) is 12.2. The molecule has 0 radical (unpaired) electrons. The van der Waals surface area contributed by atoms with Gasteiger partial charge in [0.1, 0.15) is 0 Å². The molecule has 0 saturated carbocycles. The van der Waals surface area contributed by atoms with E-state index in [1.807, 2.05) is 0 Å². The van der Waals surface area contributed by atoms with Gasteiger partial charge in [0, 0.05) is 16.8 Å². The fraction of sp³-hybridized carbons (Fsp3) is 0.231. The number of anilines is 1. The number of hydrogen-bond acceptors (Lipinski definition) is 3. The molecule has 0 spiro atoms. The number of carbonyl (C=O) groups is 2. The zero-order valence-corrected chi connectivity index (χ0v) is 10.9. The molecular weight excluding hydrogens is 254 g/mol. The number of allylic oxidation sites excluding steroid dienone is 1. The number of hydrogen-bond donors (Lipinski definition) is 1. The third kappa shape index (κ3) is 4.59. The third-order valence-electron chi connectivity index (χ3n) is 2.06. The maximum Gasteiger partial charge on any atom is 0.331 e. The van der Waals surface area contributed by atoms with Gasteiger partial charge >= 0.3 is 5.97 Å². The number of ether oxygens (including phenoxy) is 1. The van der Waals surface area contributed by atoms with Crippen molar-refractivity contribution in [3.63, 3.8) is 0 Å². The average Bonchev–Trinajstić information content (AvgIpc) is 2.29. The summed E-state index contributed by atoms with van der Waals surface area (Å²) in [5.74, 6) is -0.957. The van der Waals surface area contributed by atoms with E-state index in [1.165, 1.54) is 13.0 Å². The summed E-state index contributed by atoms with van der Waals surface area (Å²) in [6, 6.07) is 6.73. The lowest BCUT2D eigenvalue weighted by atomic mass is 10.3. The van der Waals surface area contributed by atoms with Crippen LogP contribution in [-0.4, -0.2) is 18.0 Å². The van der Waals surface area contributed by atoms with E-state index in [2.05, 4.69) is 5.32 Å². The molecule has 5 heteroatoms. The van der Waals surface area contributed by atoms with E-state index in [9.17, 15) is 9.59 Å². The Hall–Kier alpha value is -1.81. The van der Waals surface area contributed by atoms with Gasteiger partial charge in [-0.25, -0.2) is 4.79 Å². The Kier molecular flexibility index (Phi) is 5.39. The van der Waals surface area contributed by atoms with Gasteiger partial charge in [-0.1, -0.05) is 23.7 Å². The van der Waals surface area contributed by atoms with Crippen molar-refractivity contribution in [1.29, 1.82) is 0 Å². The zero-order chi connectivity index (χ0) is 13.5. The van der Waals surface area contributed by atoms with Gasteiger partial charge in [-0.2, -0.15) is 0 Å². The molecule has 4 nitrogen and oxygen atoms in total. The number of carbonyl (C=O) groups excluding carboxylic acids is 2. The molecular formula is C13H14ClNO3. The summed E-state index contributed by atoms with van der Waals surface area (Å²) in [5.41, 5.74) is 0.557. The minimum absolute atomic E-state index is 0.407. The van der Waals surface area contributed by atoms with Gasteiger partial charge in [-0.15, -0.1) is 0 Å². The van der Waals surface area contributed by atoms with Crippen LogP contribution < -0.4 is 5.32 Å². The molecule has 1 aromatic rings. The van der Waals surface area contributed by atoms with Crippen LogP contribution >= 0.6 is 11.6 Å². The van der Waals surface area contributed by atoms with Gasteiger partial charge in [-0.3, -0.25) is 4.79 Å². The molecule has 0 aliphatic heterocycles. The van der Waals surface area contributed by atoms with Gasteiger partial charge in [0.25, 0.3) is 5.91 Å². The van der Waals surface area contributed by atoms with Crippen molar-refractivity contribution in [2.45, 2.75) is 20.0 Å². The topological polar surface area (TPSA) is 55.4 Å². The highest BCUT2D eigenvalue weighted by atomic mass is 35.5. The van der Waals surface area contributed by atoms with Crippen molar-refractivity contribution in [2.24, 2.45) is 0 Å². The monoisotopic (exact) mass is 267 g/mol. The van der Waals surface area contributed by atoms with Gasteiger partial charge < -0.3 is 10.1 Å². The second kappa shape index (κ2) is 6.81. The van der Waals surface area contributed by atoms with Crippen LogP contribution in [0.2, 0.25) is 5.02 Å². The Balaban J connectivity index is 2.57. The molecule has 1 aromatic carbocycles. The molecule has 1 N–H and O–H groups in total. The molecule has 0 saturated heterocycles. The maximum absolute atomic E-state index is 11.7. The minimum Gasteiger partial charge on any atom is -0.449 e. The van der Waals surface area contributed by atoms with Crippen LogP contribution in [0.1, 0.15) is 13.8 Å². The van der Waals surface area contributed by atoms with E-state index < -0.39 is 18.0 Å². The fourth-order valence-electron chi connectivity index (χ4n) is 1.21. The first-order valence-corrected chi connectivity index (χ1v) is 5.80. The maximum atomic E-state index is 11.7. The van der Waals surface area contributed by atoms with E-state index >= 15 is 0 Å². The summed E-state index contributed by atoms with van der Waals surface area (Å²) < 4.78 is 4.88. The van der Waals surface area contributed by atoms with Crippen molar-refractivity contribution in [2.75, 3.05) is 5.32 Å². The number of amides is 1. The van der Waals surface area contributed by atoms with Crippen molar-refractivity contribution >= 4 is 29.2 Å². The second-order valence-corrected chi connectivity index (χ2v) is 4.02. The second-order valence-electron chi connectivity index (χ2n) is 3.58. The van der Waals surface area contributed by atoms with Crippen molar-refractivity contribution in [3.8, 4) is 0 Å². The number of halogens is 1. The Morgan fingerprint density at radius 1 is 1.44 bits per heavy atom. The quantitative estimate of drug-likeness (QED) is 0.674. The average molecular weight is 268 g/mol. The third-order valence-corrected chi connectivity index (χ3v) is 2.29. The van der Waals surface area contributed by atoms with Crippen LogP contribution in [0.3, 0.4) is 0 Å². The summed E-state index contributed by atoms with van der Waals surface area (Å²) in [5, 5.41) is 3.13. The SMILES string of the molecule is C/C=C/C(=O)OC(C)C(=O)Nc1cccc(Cl)c1. The molecule has 1 atom stereocenters. The van der Waals surface area contributed by atoms with E-state index in [1.54, 1.807) is 37.3 Å². The Labute approximate surface area is 111 Å². The summed E-state index contributed by atoms with van der Waals surface area (Å²) in [6.45, 7) is 3.19. The largest absolute Gasteiger partial charge is 0.449 e. The predicted molar refractivity (Wildman–Crippen MR) is 70.4 cm³/mol. The molecule has 0 fully saturated rings. The van der Waals surface area contributed by atoms with Gasteiger partial charge in [0.05, 0.1) is 0 Å². The van der Waals surface area contributed by atoms with Gasteiger partial charge in [0.15, 0.2) is 6.10 Å². The molecule has 0 heterocycles. The molecule has 1 amide bonds. The molecule has 1 unspecified atom stereocenters. The zero-order valence-electron chi connectivity index (χ0n) is 10.1. The van der Waals surface area contributed by atoms with Gasteiger partial charge in [-0.05, 0) is 32.0 Å². The van der Waals surface area contributed by atoms with Gasteiger partial charge in [0.2, 0.25) is 0 Å². The molecule has 0 aliphatic rings. The van der Waals surface area contributed by atoms with Crippen LogP contribution in [0.15, 0.2) is 36.4 Å². The number of esters is 1. The summed E-state index contributed by atoms with van der Waals surface area (Å²) in [7, 11) is 0. The van der Waals surface area contributed by atoms with Crippen LogP contribution in [0, 0.1) is 0 Å². The fourth-order valence-corrected chi connectivity index (χ4v) is 1.40. The number of rotatable bonds is 4. The van der Waals surface area contributed by atoms with E-state index in [-0.39, 0.29) is 0 Å². The predicted octanol–water partition coefficient (Wildman–Crippen LogP) is 2.79. The Bertz CT molecular complexity index is 471. The van der Waals surface area contributed by atoms with E-state index in [0.29, 0.717) is 10.7 Å². The first-order valence-electron chi connectivity index (χ1n) is 5.42. The Morgan fingerprint density at radius 3 is 2.78 bits per heavy atom. The lowest BCUT2D eigenvalue weighted by Gasteiger charge is -2.12. The van der Waals surface area contributed by atoms with Crippen molar-refractivity contribution < 1.29 is 14.3 Å². The number of nitrogens with one attached hydrogen (secondary N) is 1. The van der Waals surface area contributed by atoms with Crippen LogP contribution in [0.4, 0.5) is 5.69 Å². The summed E-state index contributed by atoms with van der Waals surface area (Å²) in [6.07, 6.45) is 1.93. The van der Waals surface area contributed by atoms with Crippen LogP contribution in [0.25, 0.3) is 0 Å².